The Morgan fingerprint density at radius 1 is 1.35 bits per heavy atom. The molecule has 4 heteroatoms. The second-order valence-corrected chi connectivity index (χ2v) is 3.98. The third-order valence-corrected chi connectivity index (χ3v) is 2.70. The van der Waals surface area contributed by atoms with E-state index in [1.54, 1.807) is 18.5 Å². The van der Waals surface area contributed by atoms with Gasteiger partial charge in [0.15, 0.2) is 0 Å². The molecule has 0 aliphatic carbocycles. The summed E-state index contributed by atoms with van der Waals surface area (Å²) in [5.41, 5.74) is 1.54. The number of nitrogens with zero attached hydrogens (tertiary/aromatic N) is 2. The largest absolute Gasteiger partial charge is 0.386 e. The van der Waals surface area contributed by atoms with Crippen molar-refractivity contribution in [3.05, 3.63) is 53.9 Å². The number of aliphatic hydroxyl groups is 1. The first kappa shape index (κ1) is 11.8. The molecule has 0 radical (unpaired) electrons. The first-order valence-electron chi connectivity index (χ1n) is 5.63. The van der Waals surface area contributed by atoms with Crippen LogP contribution in [0.2, 0.25) is 0 Å². The molecule has 0 amide bonds. The summed E-state index contributed by atoms with van der Waals surface area (Å²) >= 11 is 0. The molecule has 0 aliphatic heterocycles. The highest BCUT2D eigenvalue weighted by atomic mass is 19.1. The minimum atomic E-state index is -0.645. The van der Waals surface area contributed by atoms with Gasteiger partial charge in [0.1, 0.15) is 11.9 Å². The van der Waals surface area contributed by atoms with E-state index in [0.29, 0.717) is 12.1 Å². The second-order valence-electron chi connectivity index (χ2n) is 3.98. The van der Waals surface area contributed by atoms with Gasteiger partial charge in [0, 0.05) is 19.2 Å². The summed E-state index contributed by atoms with van der Waals surface area (Å²) in [6.07, 6.45) is 3.33. The number of aryl methyl sites for hydroxylation is 1. The van der Waals surface area contributed by atoms with Crippen LogP contribution >= 0.6 is 0 Å². The highest BCUT2D eigenvalue weighted by Crippen LogP contribution is 2.16. The van der Waals surface area contributed by atoms with Crippen LogP contribution in [-0.2, 0) is 13.0 Å². The molecule has 1 atom stereocenters. The number of benzene rings is 1. The lowest BCUT2D eigenvalue weighted by atomic mass is 10.1. The molecule has 1 heterocycles. The van der Waals surface area contributed by atoms with Crippen molar-refractivity contribution in [1.82, 2.24) is 9.55 Å². The van der Waals surface area contributed by atoms with Crippen LogP contribution in [0.15, 0.2) is 36.8 Å². The Hall–Kier alpha value is -1.68. The molecule has 2 aromatic rings. The zero-order valence-electron chi connectivity index (χ0n) is 9.68. The molecule has 2 rings (SSSR count). The van der Waals surface area contributed by atoms with Gasteiger partial charge in [-0.2, -0.15) is 0 Å². The minimum absolute atomic E-state index is 0.265. The fraction of sp³-hybridized carbons (Fsp3) is 0.308. The molecule has 3 nitrogen and oxygen atoms in total. The van der Waals surface area contributed by atoms with Crippen LogP contribution in [0.1, 0.15) is 24.3 Å². The van der Waals surface area contributed by atoms with Crippen molar-refractivity contribution in [2.24, 2.45) is 0 Å². The van der Waals surface area contributed by atoms with E-state index in [0.717, 1.165) is 12.1 Å². The Morgan fingerprint density at radius 2 is 2.06 bits per heavy atom. The van der Waals surface area contributed by atoms with Crippen molar-refractivity contribution in [3.8, 4) is 0 Å². The summed E-state index contributed by atoms with van der Waals surface area (Å²) in [5, 5.41) is 9.98. The molecule has 1 unspecified atom stereocenters. The molecule has 1 aromatic carbocycles. The van der Waals surface area contributed by atoms with Crippen LogP contribution in [0.25, 0.3) is 0 Å². The number of hydrogen-bond donors (Lipinski definition) is 1. The highest BCUT2D eigenvalue weighted by Gasteiger charge is 2.11. The SMILES string of the molecule is CCn1cnc(C(O)Cc2ccc(F)cc2)c1. The van der Waals surface area contributed by atoms with Gasteiger partial charge in [-0.25, -0.2) is 9.37 Å². The predicted octanol–water partition coefficient (Wildman–Crippen LogP) is 2.32. The van der Waals surface area contributed by atoms with Crippen molar-refractivity contribution >= 4 is 0 Å². The lowest BCUT2D eigenvalue weighted by Crippen LogP contribution is -2.02. The van der Waals surface area contributed by atoms with Gasteiger partial charge < -0.3 is 9.67 Å². The topological polar surface area (TPSA) is 38.0 Å². The average Bonchev–Trinajstić information content (AvgIpc) is 2.81. The van der Waals surface area contributed by atoms with E-state index in [1.807, 2.05) is 17.7 Å². The van der Waals surface area contributed by atoms with Crippen LogP contribution in [0.5, 0.6) is 0 Å². The molecule has 0 saturated carbocycles. The van der Waals surface area contributed by atoms with Crippen LogP contribution < -0.4 is 0 Å². The van der Waals surface area contributed by atoms with Crippen molar-refractivity contribution in [3.63, 3.8) is 0 Å². The van der Waals surface area contributed by atoms with E-state index in [4.69, 9.17) is 0 Å². The van der Waals surface area contributed by atoms with Crippen LogP contribution in [0.4, 0.5) is 4.39 Å². The third-order valence-electron chi connectivity index (χ3n) is 2.70. The molecule has 0 saturated heterocycles. The molecule has 1 N–H and O–H groups in total. The standard InChI is InChI=1S/C13H15FN2O/c1-2-16-8-12(15-9-16)13(17)7-10-3-5-11(14)6-4-10/h3-6,8-9,13,17H,2,7H2,1H3. The molecule has 0 aliphatic rings. The highest BCUT2D eigenvalue weighted by molar-refractivity contribution is 5.18. The summed E-state index contributed by atoms with van der Waals surface area (Å²) in [6, 6.07) is 6.14. The zero-order valence-corrected chi connectivity index (χ0v) is 9.68. The fourth-order valence-electron chi connectivity index (χ4n) is 1.67. The predicted molar refractivity (Wildman–Crippen MR) is 63.0 cm³/mol. The Morgan fingerprint density at radius 3 is 2.65 bits per heavy atom. The normalized spacial score (nSPS) is 12.6. The maximum atomic E-state index is 12.7. The number of aromatic nitrogens is 2. The summed E-state index contributed by atoms with van der Waals surface area (Å²) in [7, 11) is 0. The lowest BCUT2D eigenvalue weighted by molar-refractivity contribution is 0.174. The molecular weight excluding hydrogens is 219 g/mol. The first-order chi connectivity index (χ1) is 8.19. The van der Waals surface area contributed by atoms with Crippen LogP contribution in [0, 0.1) is 5.82 Å². The number of halogens is 1. The van der Waals surface area contributed by atoms with Crippen LogP contribution in [0.3, 0.4) is 0 Å². The number of hydrogen-bond acceptors (Lipinski definition) is 2. The first-order valence-corrected chi connectivity index (χ1v) is 5.63. The average molecular weight is 234 g/mol. The van der Waals surface area contributed by atoms with Crippen molar-refractivity contribution in [1.29, 1.82) is 0 Å². The lowest BCUT2D eigenvalue weighted by Gasteiger charge is -2.07. The number of aliphatic hydroxyl groups excluding tert-OH is 1. The monoisotopic (exact) mass is 234 g/mol. The summed E-state index contributed by atoms with van der Waals surface area (Å²) in [5.74, 6) is -0.265. The molecule has 17 heavy (non-hydrogen) atoms. The van der Waals surface area contributed by atoms with E-state index >= 15 is 0 Å². The van der Waals surface area contributed by atoms with E-state index in [9.17, 15) is 9.50 Å². The van der Waals surface area contributed by atoms with E-state index in [1.165, 1.54) is 12.1 Å². The van der Waals surface area contributed by atoms with Crippen molar-refractivity contribution in [2.45, 2.75) is 26.0 Å². The van der Waals surface area contributed by atoms with Gasteiger partial charge in [-0.15, -0.1) is 0 Å². The quantitative estimate of drug-likeness (QED) is 0.881. The van der Waals surface area contributed by atoms with Gasteiger partial charge in [0.25, 0.3) is 0 Å². The van der Waals surface area contributed by atoms with Crippen LogP contribution in [-0.4, -0.2) is 14.7 Å². The van der Waals surface area contributed by atoms with Crippen molar-refractivity contribution in [2.75, 3.05) is 0 Å². The number of rotatable bonds is 4. The molecule has 0 fully saturated rings. The Kier molecular flexibility index (Phi) is 3.54. The van der Waals surface area contributed by atoms with E-state index in [2.05, 4.69) is 4.98 Å². The summed E-state index contributed by atoms with van der Waals surface area (Å²) in [4.78, 5) is 4.14. The maximum Gasteiger partial charge on any atom is 0.123 e. The zero-order chi connectivity index (χ0) is 12.3. The van der Waals surface area contributed by atoms with Gasteiger partial charge in [0.2, 0.25) is 0 Å². The maximum absolute atomic E-state index is 12.7. The molecule has 0 spiro atoms. The van der Waals surface area contributed by atoms with E-state index in [-0.39, 0.29) is 5.82 Å². The summed E-state index contributed by atoms with van der Waals surface area (Å²) in [6.45, 7) is 2.84. The minimum Gasteiger partial charge on any atom is -0.386 e. The van der Waals surface area contributed by atoms with Gasteiger partial charge in [0.05, 0.1) is 12.0 Å². The molecule has 90 valence electrons. The van der Waals surface area contributed by atoms with Gasteiger partial charge >= 0.3 is 0 Å². The van der Waals surface area contributed by atoms with Gasteiger partial charge in [-0.3, -0.25) is 0 Å². The Balaban J connectivity index is 2.05. The molecule has 0 bridgehead atoms. The van der Waals surface area contributed by atoms with Crippen molar-refractivity contribution < 1.29 is 9.50 Å². The number of imidazole rings is 1. The summed E-state index contributed by atoms with van der Waals surface area (Å²) < 4.78 is 14.6. The molecular formula is C13H15FN2O. The second kappa shape index (κ2) is 5.10. The van der Waals surface area contributed by atoms with Gasteiger partial charge in [-0.05, 0) is 24.6 Å². The van der Waals surface area contributed by atoms with Gasteiger partial charge in [-0.1, -0.05) is 12.1 Å². The Labute approximate surface area is 99.5 Å². The fourth-order valence-corrected chi connectivity index (χ4v) is 1.67. The Bertz CT molecular complexity index is 478. The smallest absolute Gasteiger partial charge is 0.123 e. The third kappa shape index (κ3) is 2.91. The van der Waals surface area contributed by atoms with E-state index < -0.39 is 6.10 Å². The molecule has 1 aromatic heterocycles.